The van der Waals surface area contributed by atoms with Crippen LogP contribution in [0.2, 0.25) is 0 Å². The van der Waals surface area contributed by atoms with Crippen LogP contribution < -0.4 is 14.8 Å². The number of nitrogens with one attached hydrogen (secondary N) is 1. The molecule has 156 valence electrons. The molecular formula is C25H28N2O3. The Labute approximate surface area is 177 Å². The molecule has 1 aliphatic rings. The van der Waals surface area contributed by atoms with Gasteiger partial charge in [0, 0.05) is 11.1 Å². The minimum atomic E-state index is -0.109. The van der Waals surface area contributed by atoms with E-state index in [-0.39, 0.29) is 17.9 Å². The van der Waals surface area contributed by atoms with Crippen LogP contribution in [0.5, 0.6) is 11.5 Å². The molecule has 1 aromatic heterocycles. The third kappa shape index (κ3) is 3.97. The second-order valence-electron chi connectivity index (χ2n) is 8.19. The second kappa shape index (κ2) is 8.34. The highest BCUT2D eigenvalue weighted by atomic mass is 16.6. The van der Waals surface area contributed by atoms with E-state index in [2.05, 4.69) is 32.2 Å². The zero-order valence-corrected chi connectivity index (χ0v) is 18.0. The lowest BCUT2D eigenvalue weighted by Gasteiger charge is -2.26. The smallest absolute Gasteiger partial charge is 0.224 e. The van der Waals surface area contributed by atoms with Gasteiger partial charge in [0.2, 0.25) is 5.91 Å². The summed E-state index contributed by atoms with van der Waals surface area (Å²) in [6.45, 7) is 9.37. The number of hydrogen-bond acceptors (Lipinski definition) is 4. The number of pyridine rings is 1. The Bertz CT molecular complexity index is 1090. The average Bonchev–Trinajstić information content (AvgIpc) is 2.74. The van der Waals surface area contributed by atoms with Crippen LogP contribution in [0.3, 0.4) is 0 Å². The molecule has 0 saturated carbocycles. The van der Waals surface area contributed by atoms with Gasteiger partial charge in [-0.2, -0.15) is 0 Å². The molecule has 0 bridgehead atoms. The summed E-state index contributed by atoms with van der Waals surface area (Å²) in [5, 5.41) is 4.32. The number of hydrogen-bond donors (Lipinski definition) is 1. The van der Waals surface area contributed by atoms with Crippen LogP contribution in [0.25, 0.3) is 10.9 Å². The first kappa shape index (κ1) is 20.2. The summed E-state index contributed by atoms with van der Waals surface area (Å²) in [6, 6.07) is 13.9. The minimum absolute atomic E-state index is 0.00753. The van der Waals surface area contributed by atoms with Gasteiger partial charge in [0.05, 0.1) is 18.0 Å². The van der Waals surface area contributed by atoms with Gasteiger partial charge in [0.1, 0.15) is 13.2 Å². The van der Waals surface area contributed by atoms with Crippen LogP contribution >= 0.6 is 0 Å². The third-order valence-corrected chi connectivity index (χ3v) is 5.73. The van der Waals surface area contributed by atoms with Gasteiger partial charge in [-0.3, -0.25) is 9.78 Å². The van der Waals surface area contributed by atoms with E-state index in [0.717, 1.165) is 44.8 Å². The van der Waals surface area contributed by atoms with Crippen LogP contribution in [-0.2, 0) is 11.2 Å². The molecule has 0 radical (unpaired) electrons. The molecule has 2 heterocycles. The molecule has 1 N–H and O–H groups in total. The normalized spacial score (nSPS) is 14.0. The fraction of sp³-hybridized carbons (Fsp3) is 0.360. The third-order valence-electron chi connectivity index (χ3n) is 5.73. The van der Waals surface area contributed by atoms with Crippen molar-refractivity contribution in [3.8, 4) is 11.5 Å². The summed E-state index contributed by atoms with van der Waals surface area (Å²) < 4.78 is 11.3. The number of carbonyl (C=O) groups excluding carboxylic acids is 1. The van der Waals surface area contributed by atoms with Crippen molar-refractivity contribution in [3.05, 3.63) is 64.8 Å². The maximum Gasteiger partial charge on any atom is 0.224 e. The van der Waals surface area contributed by atoms with Gasteiger partial charge >= 0.3 is 0 Å². The largest absolute Gasteiger partial charge is 0.486 e. The Balaban J connectivity index is 1.57. The zero-order valence-electron chi connectivity index (χ0n) is 18.0. The highest BCUT2D eigenvalue weighted by molar-refractivity contribution is 5.86. The Morgan fingerprint density at radius 1 is 1.07 bits per heavy atom. The summed E-state index contributed by atoms with van der Waals surface area (Å²) in [6.07, 6.45) is 0.309. The quantitative estimate of drug-likeness (QED) is 0.671. The van der Waals surface area contributed by atoms with E-state index in [4.69, 9.17) is 14.5 Å². The number of para-hydroxylation sites is 1. The number of aryl methyl sites for hydroxylation is 2. The fourth-order valence-electron chi connectivity index (χ4n) is 4.10. The van der Waals surface area contributed by atoms with Gasteiger partial charge in [-0.05, 0) is 54.7 Å². The lowest BCUT2D eigenvalue weighted by atomic mass is 9.94. The van der Waals surface area contributed by atoms with Crippen molar-refractivity contribution in [1.82, 2.24) is 10.3 Å². The van der Waals surface area contributed by atoms with E-state index in [9.17, 15) is 4.79 Å². The molecule has 5 nitrogen and oxygen atoms in total. The second-order valence-corrected chi connectivity index (χ2v) is 8.19. The summed E-state index contributed by atoms with van der Waals surface area (Å²) in [5.74, 6) is 1.72. The van der Waals surface area contributed by atoms with Crippen molar-refractivity contribution in [2.45, 2.75) is 40.2 Å². The first-order chi connectivity index (χ1) is 14.4. The Kier molecular flexibility index (Phi) is 5.62. The Morgan fingerprint density at radius 2 is 1.80 bits per heavy atom. The molecule has 5 heteroatoms. The highest BCUT2D eigenvalue weighted by Gasteiger charge is 2.22. The van der Waals surface area contributed by atoms with Crippen molar-refractivity contribution in [2.24, 2.45) is 5.92 Å². The standard InChI is InChI=1S/C25H28N2O3/c1-15(2)25(18-9-10-22-23(13-18)30-12-11-29-22)27-24(28)14-20-16(3)19-7-5-6-8-21(19)26-17(20)4/h5-10,13,15,25H,11-12,14H2,1-4H3,(H,27,28). The van der Waals surface area contributed by atoms with Gasteiger partial charge in [0.25, 0.3) is 0 Å². The molecular weight excluding hydrogens is 376 g/mol. The topological polar surface area (TPSA) is 60.5 Å². The van der Waals surface area contributed by atoms with Crippen molar-refractivity contribution < 1.29 is 14.3 Å². The van der Waals surface area contributed by atoms with E-state index < -0.39 is 0 Å². The number of aromatic nitrogens is 1. The molecule has 1 amide bonds. The van der Waals surface area contributed by atoms with Crippen LogP contribution in [0, 0.1) is 19.8 Å². The van der Waals surface area contributed by atoms with Crippen molar-refractivity contribution in [3.63, 3.8) is 0 Å². The molecule has 3 aromatic rings. The number of ether oxygens (including phenoxy) is 2. The molecule has 0 aliphatic carbocycles. The first-order valence-corrected chi connectivity index (χ1v) is 10.5. The molecule has 0 saturated heterocycles. The molecule has 0 fully saturated rings. The van der Waals surface area contributed by atoms with E-state index in [1.165, 1.54) is 0 Å². The Morgan fingerprint density at radius 3 is 2.57 bits per heavy atom. The SMILES string of the molecule is Cc1nc2ccccc2c(C)c1CC(=O)NC(c1ccc2c(c1)OCCO2)C(C)C. The Hall–Kier alpha value is -3.08. The van der Waals surface area contributed by atoms with Gasteiger partial charge in [-0.15, -0.1) is 0 Å². The predicted molar refractivity (Wildman–Crippen MR) is 118 cm³/mol. The van der Waals surface area contributed by atoms with Crippen molar-refractivity contribution in [1.29, 1.82) is 0 Å². The maximum atomic E-state index is 13.0. The lowest BCUT2D eigenvalue weighted by Crippen LogP contribution is -2.33. The average molecular weight is 405 g/mol. The minimum Gasteiger partial charge on any atom is -0.486 e. The van der Waals surface area contributed by atoms with Crippen molar-refractivity contribution in [2.75, 3.05) is 13.2 Å². The van der Waals surface area contributed by atoms with Gasteiger partial charge in [-0.1, -0.05) is 38.1 Å². The summed E-state index contributed by atoms with van der Waals surface area (Å²) >= 11 is 0. The summed E-state index contributed by atoms with van der Waals surface area (Å²) in [7, 11) is 0. The van der Waals surface area contributed by atoms with E-state index in [1.54, 1.807) is 0 Å². The molecule has 4 rings (SSSR count). The fourth-order valence-corrected chi connectivity index (χ4v) is 4.10. The van der Waals surface area contributed by atoms with Gasteiger partial charge < -0.3 is 14.8 Å². The van der Waals surface area contributed by atoms with E-state index >= 15 is 0 Å². The zero-order chi connectivity index (χ0) is 21.3. The monoisotopic (exact) mass is 404 g/mol. The summed E-state index contributed by atoms with van der Waals surface area (Å²) in [4.78, 5) is 17.7. The molecule has 2 aromatic carbocycles. The number of fused-ring (bicyclic) bond motifs is 2. The van der Waals surface area contributed by atoms with Crippen molar-refractivity contribution >= 4 is 16.8 Å². The van der Waals surface area contributed by atoms with Crippen LogP contribution in [0.1, 0.15) is 42.3 Å². The van der Waals surface area contributed by atoms with Gasteiger partial charge in [0.15, 0.2) is 11.5 Å². The van der Waals surface area contributed by atoms with E-state index in [0.29, 0.717) is 19.6 Å². The first-order valence-electron chi connectivity index (χ1n) is 10.5. The molecule has 1 aliphatic heterocycles. The van der Waals surface area contributed by atoms with Crippen LogP contribution in [0.15, 0.2) is 42.5 Å². The van der Waals surface area contributed by atoms with Crippen LogP contribution in [-0.4, -0.2) is 24.1 Å². The highest BCUT2D eigenvalue weighted by Crippen LogP contribution is 2.34. The molecule has 30 heavy (non-hydrogen) atoms. The van der Waals surface area contributed by atoms with E-state index in [1.807, 2.05) is 43.3 Å². The van der Waals surface area contributed by atoms with Gasteiger partial charge in [-0.25, -0.2) is 0 Å². The lowest BCUT2D eigenvalue weighted by molar-refractivity contribution is -0.121. The number of benzene rings is 2. The number of amides is 1. The number of rotatable bonds is 5. The number of carbonyl (C=O) groups is 1. The molecule has 1 atom stereocenters. The number of nitrogens with zero attached hydrogens (tertiary/aromatic N) is 1. The van der Waals surface area contributed by atoms with Crippen LogP contribution in [0.4, 0.5) is 0 Å². The molecule has 0 spiro atoms. The molecule has 1 unspecified atom stereocenters. The summed E-state index contributed by atoms with van der Waals surface area (Å²) in [5.41, 5.74) is 5.01. The predicted octanol–water partition coefficient (Wildman–Crippen LogP) is 4.68. The maximum absolute atomic E-state index is 13.0.